The van der Waals surface area contributed by atoms with Crippen molar-refractivity contribution in [1.29, 1.82) is 0 Å². The molecule has 1 aliphatic heterocycles. The molecule has 10 atom stereocenters. The van der Waals surface area contributed by atoms with Crippen LogP contribution < -0.4 is 5.73 Å². The molecule has 1 aromatic heterocycles. The Morgan fingerprint density at radius 1 is 1.23 bits per heavy atom. The minimum absolute atomic E-state index is 0.0645. The molecule has 0 aromatic carbocycles. The SMILES string of the molecule is CC.Cc1ccc(C2O[C@@H]3CC4[C@@H]5C[C@H](F)C6=CC(=O)C=C[C@]6(C)[C@@]5(F)[C@@H](O)C[C@]4(C)[C@]3(C(=O)SCCN)O2)o1. The molecule has 3 N–H and O–H groups in total. The Balaban J connectivity index is 0.00000158. The van der Waals surface area contributed by atoms with Gasteiger partial charge in [-0.3, -0.25) is 9.59 Å². The van der Waals surface area contributed by atoms with E-state index in [2.05, 4.69) is 0 Å². The number of hydrogen-bond acceptors (Lipinski definition) is 8. The summed E-state index contributed by atoms with van der Waals surface area (Å²) in [6.07, 6.45) is -0.992. The van der Waals surface area contributed by atoms with Crippen LogP contribution in [0.5, 0.6) is 0 Å². The molecule has 0 spiro atoms. The highest BCUT2D eigenvalue weighted by atomic mass is 32.2. The largest absolute Gasteiger partial charge is 0.461 e. The number of thioether (sulfide) groups is 1. The smallest absolute Gasteiger partial charge is 0.224 e. The first kappa shape index (κ1) is 29.6. The van der Waals surface area contributed by atoms with E-state index in [1.54, 1.807) is 26.0 Å². The molecular weight excluding hydrogens is 540 g/mol. The second-order valence-electron chi connectivity index (χ2n) is 11.8. The maximum Gasteiger partial charge on any atom is 0.224 e. The molecule has 40 heavy (non-hydrogen) atoms. The molecule has 10 heteroatoms. The summed E-state index contributed by atoms with van der Waals surface area (Å²) in [7, 11) is 0. The molecule has 1 aromatic rings. The number of rotatable bonds is 4. The molecule has 5 aliphatic rings. The zero-order valence-corrected chi connectivity index (χ0v) is 24.4. The van der Waals surface area contributed by atoms with Gasteiger partial charge in [0.15, 0.2) is 22.8 Å². The number of ketones is 1. The second kappa shape index (κ2) is 10.2. The van der Waals surface area contributed by atoms with Crippen molar-refractivity contribution in [3.8, 4) is 0 Å². The van der Waals surface area contributed by atoms with Crippen LogP contribution in [0.1, 0.15) is 64.8 Å². The van der Waals surface area contributed by atoms with Gasteiger partial charge in [0.05, 0.1) is 12.2 Å². The Hall–Kier alpha value is -1.85. The number of hydrogen-bond donors (Lipinski definition) is 2. The molecule has 220 valence electrons. The molecule has 0 bridgehead atoms. The van der Waals surface area contributed by atoms with E-state index in [4.69, 9.17) is 19.6 Å². The van der Waals surface area contributed by atoms with E-state index >= 15 is 8.78 Å². The number of aliphatic hydroxyl groups excluding tert-OH is 1. The third kappa shape index (κ3) is 3.75. The van der Waals surface area contributed by atoms with E-state index in [0.29, 0.717) is 17.3 Å². The number of halogens is 2. The van der Waals surface area contributed by atoms with Crippen LogP contribution in [-0.2, 0) is 19.1 Å². The van der Waals surface area contributed by atoms with Crippen molar-refractivity contribution < 1.29 is 37.4 Å². The van der Waals surface area contributed by atoms with Gasteiger partial charge in [0.1, 0.15) is 11.9 Å². The molecule has 1 saturated heterocycles. The second-order valence-corrected chi connectivity index (χ2v) is 12.8. The van der Waals surface area contributed by atoms with Crippen LogP contribution >= 0.6 is 11.8 Å². The molecule has 2 heterocycles. The fourth-order valence-corrected chi connectivity index (χ4v) is 9.19. The molecular formula is C30H39F2NO6S. The van der Waals surface area contributed by atoms with Crippen molar-refractivity contribution in [3.05, 3.63) is 47.5 Å². The van der Waals surface area contributed by atoms with E-state index in [0.717, 1.165) is 11.8 Å². The number of nitrogens with two attached hydrogens (primary N) is 1. The maximum atomic E-state index is 17.5. The zero-order valence-electron chi connectivity index (χ0n) is 23.6. The van der Waals surface area contributed by atoms with Crippen molar-refractivity contribution in [2.24, 2.45) is 28.4 Å². The van der Waals surface area contributed by atoms with Gasteiger partial charge in [-0.15, -0.1) is 0 Å². The van der Waals surface area contributed by atoms with Crippen LogP contribution in [-0.4, -0.2) is 58.0 Å². The summed E-state index contributed by atoms with van der Waals surface area (Å²) in [6, 6.07) is 3.51. The topological polar surface area (TPSA) is 112 Å². The number of ether oxygens (including phenoxy) is 2. The van der Waals surface area contributed by atoms with Crippen LogP contribution in [0.25, 0.3) is 0 Å². The van der Waals surface area contributed by atoms with Crippen LogP contribution in [0.4, 0.5) is 8.78 Å². The van der Waals surface area contributed by atoms with Gasteiger partial charge in [-0.25, -0.2) is 8.78 Å². The number of aryl methyl sites for hydroxylation is 1. The highest BCUT2D eigenvalue weighted by Crippen LogP contribution is 2.73. The lowest BCUT2D eigenvalue weighted by atomic mass is 9.44. The molecule has 6 rings (SSSR count). The van der Waals surface area contributed by atoms with Gasteiger partial charge in [0.25, 0.3) is 0 Å². The minimum Gasteiger partial charge on any atom is -0.461 e. The van der Waals surface area contributed by atoms with E-state index < -0.39 is 64.4 Å². The van der Waals surface area contributed by atoms with Crippen LogP contribution in [0.15, 0.2) is 40.4 Å². The fourth-order valence-electron chi connectivity index (χ4n) is 8.26. The van der Waals surface area contributed by atoms with Crippen LogP contribution in [0.3, 0.4) is 0 Å². The highest BCUT2D eigenvalue weighted by molar-refractivity contribution is 8.13. The summed E-state index contributed by atoms with van der Waals surface area (Å²) in [4.78, 5) is 26.0. The first-order valence-electron chi connectivity index (χ1n) is 14.2. The Kier molecular flexibility index (Phi) is 7.52. The highest BCUT2D eigenvalue weighted by Gasteiger charge is 2.80. The third-order valence-corrected chi connectivity index (χ3v) is 11.0. The minimum atomic E-state index is -2.24. The van der Waals surface area contributed by atoms with Gasteiger partial charge in [0.2, 0.25) is 11.4 Å². The number of carbonyl (C=O) groups is 2. The van der Waals surface area contributed by atoms with Crippen LogP contribution in [0, 0.1) is 29.6 Å². The summed E-state index contributed by atoms with van der Waals surface area (Å²) in [5.74, 6) is -0.407. The Bertz CT molecular complexity index is 1250. The number of furan rings is 1. The number of carbonyl (C=O) groups excluding carboxylic acids is 2. The molecule has 4 aliphatic carbocycles. The summed E-state index contributed by atoms with van der Waals surface area (Å²) < 4.78 is 51.8. The van der Waals surface area contributed by atoms with Gasteiger partial charge >= 0.3 is 0 Å². The monoisotopic (exact) mass is 579 g/mol. The van der Waals surface area contributed by atoms with E-state index in [-0.39, 0.29) is 36.5 Å². The van der Waals surface area contributed by atoms with Gasteiger partial charge in [-0.05, 0) is 68.9 Å². The predicted molar refractivity (Wildman–Crippen MR) is 147 cm³/mol. The molecule has 7 nitrogen and oxygen atoms in total. The third-order valence-electron chi connectivity index (χ3n) is 10.0. The summed E-state index contributed by atoms with van der Waals surface area (Å²) >= 11 is 1.04. The van der Waals surface area contributed by atoms with Crippen molar-refractivity contribution in [2.75, 3.05) is 12.3 Å². The van der Waals surface area contributed by atoms with Crippen molar-refractivity contribution in [3.63, 3.8) is 0 Å². The average Bonchev–Trinajstić information content (AvgIpc) is 3.59. The van der Waals surface area contributed by atoms with Gasteiger partial charge < -0.3 is 24.7 Å². The molecule has 0 radical (unpaired) electrons. The predicted octanol–water partition coefficient (Wildman–Crippen LogP) is 4.91. The molecule has 2 unspecified atom stereocenters. The van der Waals surface area contributed by atoms with Gasteiger partial charge in [-0.1, -0.05) is 38.6 Å². The lowest BCUT2D eigenvalue weighted by Crippen LogP contribution is -2.70. The first-order chi connectivity index (χ1) is 18.9. The average molecular weight is 580 g/mol. The number of alkyl halides is 2. The summed E-state index contributed by atoms with van der Waals surface area (Å²) in [5, 5.41) is 11.3. The zero-order chi connectivity index (χ0) is 29.3. The lowest BCUT2D eigenvalue weighted by Gasteiger charge is -2.63. The lowest BCUT2D eigenvalue weighted by molar-refractivity contribution is -0.233. The molecule has 0 amide bonds. The molecule has 4 fully saturated rings. The standard InChI is InChI=1S/C28H33F2NO6S.C2H6/c1-14-4-5-20(35-14)23-36-22-12-16-17-11-19(29)18-10-15(32)6-7-25(18,2)27(17,30)21(33)13-26(16,3)28(22,37-23)24(34)38-9-8-31;1-2/h4-7,10,16-17,19,21-23,33H,8-9,11-13,31H2,1-3H3;1-2H3/t16?,17-,19-,21-,22+,23?,25-,26-,27-,28-;/m0./s1. The van der Waals surface area contributed by atoms with Crippen molar-refractivity contribution in [2.45, 2.75) is 89.8 Å². The van der Waals surface area contributed by atoms with E-state index in [1.807, 2.05) is 20.8 Å². The van der Waals surface area contributed by atoms with E-state index in [9.17, 15) is 14.7 Å². The van der Waals surface area contributed by atoms with Gasteiger partial charge in [-0.2, -0.15) is 0 Å². The summed E-state index contributed by atoms with van der Waals surface area (Å²) in [6.45, 7) is 9.46. The van der Waals surface area contributed by atoms with Crippen molar-refractivity contribution >= 4 is 22.7 Å². The quantitative estimate of drug-likeness (QED) is 0.518. The normalized spacial score (nSPS) is 45.0. The van der Waals surface area contributed by atoms with E-state index in [1.165, 1.54) is 18.2 Å². The molecule has 3 saturated carbocycles. The Morgan fingerprint density at radius 2 is 1.95 bits per heavy atom. The Morgan fingerprint density at radius 3 is 2.60 bits per heavy atom. The van der Waals surface area contributed by atoms with Crippen LogP contribution in [0.2, 0.25) is 0 Å². The number of allylic oxidation sites excluding steroid dienone is 4. The van der Waals surface area contributed by atoms with Gasteiger partial charge in [0, 0.05) is 29.0 Å². The maximum absolute atomic E-state index is 17.5. The number of fused-ring (bicyclic) bond motifs is 7. The first-order valence-corrected chi connectivity index (χ1v) is 15.1. The summed E-state index contributed by atoms with van der Waals surface area (Å²) in [5.41, 5.74) is -0.542. The fraction of sp³-hybridized carbons (Fsp3) is 0.667. The number of aliphatic hydroxyl groups is 1. The Labute approximate surface area is 237 Å². The van der Waals surface area contributed by atoms with Crippen molar-refractivity contribution in [1.82, 2.24) is 0 Å².